The lowest BCUT2D eigenvalue weighted by Gasteiger charge is -2.13. The van der Waals surface area contributed by atoms with Gasteiger partial charge in [-0.2, -0.15) is 0 Å². The molecule has 6 heteroatoms. The predicted octanol–water partition coefficient (Wildman–Crippen LogP) is 4.18. The molecule has 0 spiro atoms. The van der Waals surface area contributed by atoms with E-state index in [1.807, 2.05) is 31.2 Å². The number of nitrogens with one attached hydrogen (secondary N) is 1. The van der Waals surface area contributed by atoms with Crippen LogP contribution in [0, 0.1) is 5.92 Å². The average molecular weight is 391 g/mol. The Kier molecular flexibility index (Phi) is 8.10. The van der Waals surface area contributed by atoms with Gasteiger partial charge in [-0.05, 0) is 61.7 Å². The molecule has 0 saturated carbocycles. The molecule has 2 unspecified atom stereocenters. The number of rotatable bonds is 9. The number of aliphatic hydroxyl groups is 1. The maximum atomic E-state index is 12.0. The lowest BCUT2D eigenvalue weighted by Crippen LogP contribution is -2.29. The molecule has 2 atom stereocenters. The predicted molar refractivity (Wildman–Crippen MR) is 108 cm³/mol. The van der Waals surface area contributed by atoms with Crippen LogP contribution in [0.15, 0.2) is 42.5 Å². The number of carbonyl (C=O) groups excluding carboxylic acids is 1. The van der Waals surface area contributed by atoms with Crippen LogP contribution >= 0.6 is 11.6 Å². The zero-order chi connectivity index (χ0) is 19.8. The van der Waals surface area contributed by atoms with Crippen molar-refractivity contribution in [3.8, 4) is 11.5 Å². The van der Waals surface area contributed by atoms with Gasteiger partial charge in [0.25, 0.3) is 0 Å². The Hall–Kier alpha value is -2.08. The van der Waals surface area contributed by atoms with E-state index in [2.05, 4.69) is 5.32 Å². The molecule has 0 saturated heterocycles. The molecular formula is C21H27ClN2O3. The maximum absolute atomic E-state index is 12.0. The zero-order valence-electron chi connectivity index (χ0n) is 15.7. The lowest BCUT2D eigenvalue weighted by atomic mass is 10.0. The Morgan fingerprint density at radius 3 is 2.52 bits per heavy atom. The van der Waals surface area contributed by atoms with Gasteiger partial charge in [-0.1, -0.05) is 36.7 Å². The van der Waals surface area contributed by atoms with Gasteiger partial charge in [-0.15, -0.1) is 0 Å². The maximum Gasteiger partial charge on any atom is 0.223 e. The van der Waals surface area contributed by atoms with Crippen LogP contribution in [0.2, 0.25) is 5.02 Å². The number of benzene rings is 2. The fourth-order valence-corrected chi connectivity index (χ4v) is 2.81. The van der Waals surface area contributed by atoms with Crippen LogP contribution in [0.3, 0.4) is 0 Å². The van der Waals surface area contributed by atoms with Crippen LogP contribution in [-0.2, 0) is 11.3 Å². The van der Waals surface area contributed by atoms with Crippen molar-refractivity contribution < 1.29 is 14.6 Å². The number of hydrogen-bond acceptors (Lipinski definition) is 4. The van der Waals surface area contributed by atoms with Crippen molar-refractivity contribution in [2.45, 2.75) is 39.3 Å². The second-order valence-electron chi connectivity index (χ2n) is 6.66. The van der Waals surface area contributed by atoms with Crippen molar-refractivity contribution >= 4 is 17.5 Å². The zero-order valence-corrected chi connectivity index (χ0v) is 16.5. The van der Waals surface area contributed by atoms with Crippen LogP contribution in [-0.4, -0.2) is 17.6 Å². The third-order valence-corrected chi connectivity index (χ3v) is 4.64. The second-order valence-corrected chi connectivity index (χ2v) is 7.07. The van der Waals surface area contributed by atoms with E-state index >= 15 is 0 Å². The van der Waals surface area contributed by atoms with E-state index in [1.165, 1.54) is 0 Å². The van der Waals surface area contributed by atoms with E-state index in [-0.39, 0.29) is 11.8 Å². The molecule has 2 aromatic rings. The molecule has 1 amide bonds. The van der Waals surface area contributed by atoms with Gasteiger partial charge in [0, 0.05) is 12.5 Å². The topological polar surface area (TPSA) is 84.6 Å². The number of amides is 1. The lowest BCUT2D eigenvalue weighted by molar-refractivity contribution is -0.124. The summed E-state index contributed by atoms with van der Waals surface area (Å²) in [6, 6.07) is 12.7. The average Bonchev–Trinajstić information content (AvgIpc) is 2.66. The first-order chi connectivity index (χ1) is 12.9. The molecule has 0 heterocycles. The highest BCUT2D eigenvalue weighted by atomic mass is 35.5. The van der Waals surface area contributed by atoms with Crippen LogP contribution in [0.1, 0.15) is 43.9 Å². The van der Waals surface area contributed by atoms with Crippen LogP contribution in [0.5, 0.6) is 11.5 Å². The summed E-state index contributed by atoms with van der Waals surface area (Å²) in [6.07, 6.45) is 1.06. The Bertz CT molecular complexity index is 748. The summed E-state index contributed by atoms with van der Waals surface area (Å²) in [5.41, 5.74) is 7.20. The molecular weight excluding hydrogens is 364 g/mol. The van der Waals surface area contributed by atoms with Gasteiger partial charge >= 0.3 is 0 Å². The number of aliphatic hydroxyl groups excluding tert-OH is 1. The Morgan fingerprint density at radius 1 is 1.22 bits per heavy atom. The van der Waals surface area contributed by atoms with Crippen molar-refractivity contribution in [2.75, 3.05) is 6.54 Å². The summed E-state index contributed by atoms with van der Waals surface area (Å²) in [4.78, 5) is 12.0. The van der Waals surface area contributed by atoms with Gasteiger partial charge in [0.05, 0.1) is 11.1 Å². The molecule has 0 aromatic heterocycles. The summed E-state index contributed by atoms with van der Waals surface area (Å²) in [6.45, 7) is 4.66. The second kappa shape index (κ2) is 10.3. The largest absolute Gasteiger partial charge is 0.456 e. The summed E-state index contributed by atoms with van der Waals surface area (Å²) in [7, 11) is 0. The summed E-state index contributed by atoms with van der Waals surface area (Å²) in [5, 5.41) is 13.0. The van der Waals surface area contributed by atoms with E-state index in [0.717, 1.165) is 24.0 Å². The number of halogens is 1. The van der Waals surface area contributed by atoms with E-state index in [0.29, 0.717) is 29.6 Å². The standard InChI is InChI=1S/C21H27ClN2O3/c1-14(4-3-11-23)21(26)24-13-16-5-8-18(9-6-16)27-20-10-7-17(15(2)25)12-19(20)22/h5-10,12,14-15,25H,3-4,11,13,23H2,1-2H3,(H,24,26). The number of nitrogens with two attached hydrogens (primary N) is 1. The smallest absolute Gasteiger partial charge is 0.223 e. The third-order valence-electron chi connectivity index (χ3n) is 4.35. The molecule has 5 nitrogen and oxygen atoms in total. The summed E-state index contributed by atoms with van der Waals surface area (Å²) in [5.74, 6) is 1.17. The fourth-order valence-electron chi connectivity index (χ4n) is 2.58. The van der Waals surface area contributed by atoms with Crippen molar-refractivity contribution in [2.24, 2.45) is 11.7 Å². The molecule has 2 rings (SSSR count). The molecule has 0 radical (unpaired) electrons. The van der Waals surface area contributed by atoms with Gasteiger partial charge in [0.2, 0.25) is 5.91 Å². The molecule has 0 aliphatic carbocycles. The first-order valence-electron chi connectivity index (χ1n) is 9.12. The highest BCUT2D eigenvalue weighted by Crippen LogP contribution is 2.31. The van der Waals surface area contributed by atoms with Gasteiger partial charge in [-0.3, -0.25) is 4.79 Å². The Labute approximate surface area is 165 Å². The van der Waals surface area contributed by atoms with E-state index in [1.54, 1.807) is 25.1 Å². The van der Waals surface area contributed by atoms with E-state index in [9.17, 15) is 9.90 Å². The van der Waals surface area contributed by atoms with E-state index < -0.39 is 6.10 Å². The first-order valence-corrected chi connectivity index (χ1v) is 9.50. The van der Waals surface area contributed by atoms with Crippen molar-refractivity contribution in [1.82, 2.24) is 5.32 Å². The van der Waals surface area contributed by atoms with Crippen LogP contribution in [0.25, 0.3) is 0 Å². The molecule has 4 N–H and O–H groups in total. The molecule has 0 aliphatic rings. The SMILES string of the molecule is CC(CCCN)C(=O)NCc1ccc(Oc2ccc(C(C)O)cc2Cl)cc1. The Morgan fingerprint density at radius 2 is 1.93 bits per heavy atom. The molecule has 2 aromatic carbocycles. The van der Waals surface area contributed by atoms with Crippen molar-refractivity contribution in [1.29, 1.82) is 0 Å². The minimum atomic E-state index is -0.580. The molecule has 0 aliphatic heterocycles. The van der Waals surface area contributed by atoms with Crippen LogP contribution < -0.4 is 15.8 Å². The summed E-state index contributed by atoms with van der Waals surface area (Å²) >= 11 is 6.21. The third kappa shape index (κ3) is 6.54. The molecule has 27 heavy (non-hydrogen) atoms. The number of hydrogen-bond donors (Lipinski definition) is 3. The Balaban J connectivity index is 1.91. The quantitative estimate of drug-likeness (QED) is 0.599. The van der Waals surface area contributed by atoms with Crippen LogP contribution in [0.4, 0.5) is 0 Å². The normalized spacial score (nSPS) is 13.1. The van der Waals surface area contributed by atoms with Crippen molar-refractivity contribution in [3.63, 3.8) is 0 Å². The molecule has 0 bridgehead atoms. The van der Waals surface area contributed by atoms with Gasteiger partial charge in [-0.25, -0.2) is 0 Å². The highest BCUT2D eigenvalue weighted by Gasteiger charge is 2.12. The number of ether oxygens (including phenoxy) is 1. The summed E-state index contributed by atoms with van der Waals surface area (Å²) < 4.78 is 5.79. The minimum Gasteiger partial charge on any atom is -0.456 e. The first kappa shape index (κ1) is 21.2. The highest BCUT2D eigenvalue weighted by molar-refractivity contribution is 6.32. The number of carbonyl (C=O) groups is 1. The van der Waals surface area contributed by atoms with E-state index in [4.69, 9.17) is 22.1 Å². The molecule has 146 valence electrons. The minimum absolute atomic E-state index is 0.0359. The monoisotopic (exact) mass is 390 g/mol. The van der Waals surface area contributed by atoms with Crippen molar-refractivity contribution in [3.05, 3.63) is 58.6 Å². The van der Waals surface area contributed by atoms with Gasteiger partial charge in [0.15, 0.2) is 0 Å². The fraction of sp³-hybridized carbons (Fsp3) is 0.381. The van der Waals surface area contributed by atoms with Gasteiger partial charge in [0.1, 0.15) is 11.5 Å². The molecule has 0 fully saturated rings. The van der Waals surface area contributed by atoms with Gasteiger partial charge < -0.3 is 20.9 Å².